The number of benzene rings is 1. The average molecular weight is 347 g/mol. The molecule has 1 atom stereocenters. The van der Waals surface area contributed by atoms with Gasteiger partial charge in [-0.2, -0.15) is 0 Å². The van der Waals surface area contributed by atoms with Crippen LogP contribution in [-0.2, 0) is 11.3 Å². The van der Waals surface area contributed by atoms with Gasteiger partial charge in [-0.25, -0.2) is 4.79 Å². The molecule has 2 amide bonds. The van der Waals surface area contributed by atoms with E-state index in [9.17, 15) is 9.90 Å². The monoisotopic (exact) mass is 347 g/mol. The molecule has 0 fully saturated rings. The predicted octanol–water partition coefficient (Wildman–Crippen LogP) is 3.21. The highest BCUT2D eigenvalue weighted by Gasteiger charge is 2.09. The Labute approximate surface area is 149 Å². The van der Waals surface area contributed by atoms with Gasteiger partial charge >= 0.3 is 6.03 Å². The number of aromatic nitrogens is 1. The van der Waals surface area contributed by atoms with E-state index in [2.05, 4.69) is 28.3 Å². The van der Waals surface area contributed by atoms with E-state index in [1.54, 1.807) is 0 Å². The molecule has 0 aliphatic heterocycles. The fraction of sp³-hybridized carbons (Fsp3) is 0.526. The van der Waals surface area contributed by atoms with Crippen LogP contribution in [0.1, 0.15) is 27.2 Å². The average Bonchev–Trinajstić information content (AvgIpc) is 2.95. The molecule has 1 aromatic heterocycles. The maximum absolute atomic E-state index is 12.0. The third-order valence-corrected chi connectivity index (χ3v) is 3.75. The molecule has 1 heterocycles. The predicted molar refractivity (Wildman–Crippen MR) is 101 cm³/mol. The molecule has 1 aromatic carbocycles. The van der Waals surface area contributed by atoms with Crippen LogP contribution < -0.4 is 10.6 Å². The first-order valence-corrected chi connectivity index (χ1v) is 8.89. The number of aliphatic hydroxyl groups is 1. The van der Waals surface area contributed by atoms with Crippen molar-refractivity contribution in [3.63, 3.8) is 0 Å². The molecule has 0 spiro atoms. The molecule has 2 rings (SSSR count). The number of hydrogen-bond donors (Lipinski definition) is 3. The van der Waals surface area contributed by atoms with E-state index in [-0.39, 0.29) is 19.2 Å². The second kappa shape index (κ2) is 9.44. The quantitative estimate of drug-likeness (QED) is 0.652. The number of ether oxygens (including phenoxy) is 1. The van der Waals surface area contributed by atoms with E-state index < -0.39 is 6.10 Å². The van der Waals surface area contributed by atoms with Gasteiger partial charge in [-0.15, -0.1) is 0 Å². The lowest BCUT2D eigenvalue weighted by Gasteiger charge is -2.14. The van der Waals surface area contributed by atoms with Crippen molar-refractivity contribution in [2.45, 2.75) is 39.8 Å². The van der Waals surface area contributed by atoms with Crippen molar-refractivity contribution in [3.05, 3.63) is 30.5 Å². The van der Waals surface area contributed by atoms with E-state index >= 15 is 0 Å². The lowest BCUT2D eigenvalue weighted by Crippen LogP contribution is -2.37. The van der Waals surface area contributed by atoms with E-state index in [0.717, 1.165) is 29.6 Å². The highest BCUT2D eigenvalue weighted by molar-refractivity contribution is 5.92. The van der Waals surface area contributed by atoms with Crippen LogP contribution in [0.4, 0.5) is 10.5 Å². The number of hydrogen-bond acceptors (Lipinski definition) is 3. The molecule has 138 valence electrons. The molecule has 0 bridgehead atoms. The summed E-state index contributed by atoms with van der Waals surface area (Å²) in [5.41, 5.74) is 1.88. The lowest BCUT2D eigenvalue weighted by molar-refractivity contribution is 0.0274. The summed E-state index contributed by atoms with van der Waals surface area (Å²) in [6.45, 7) is 8.19. The Morgan fingerprint density at radius 3 is 2.80 bits per heavy atom. The maximum atomic E-state index is 12.0. The molecule has 6 heteroatoms. The van der Waals surface area contributed by atoms with E-state index in [0.29, 0.717) is 12.5 Å². The first-order chi connectivity index (χ1) is 12.0. The third kappa shape index (κ3) is 6.07. The molecule has 25 heavy (non-hydrogen) atoms. The topological polar surface area (TPSA) is 75.5 Å². The van der Waals surface area contributed by atoms with Crippen LogP contribution in [-0.4, -0.2) is 41.6 Å². The Morgan fingerprint density at radius 2 is 2.08 bits per heavy atom. The van der Waals surface area contributed by atoms with Gasteiger partial charge < -0.3 is 25.0 Å². The standard InChI is InChI=1S/C19H29N3O3/c1-4-8-22-9-7-15-10-16(5-6-18(15)22)21-19(24)20-11-17(23)13-25-12-14(2)3/h5-7,9-10,14,17,23H,4,8,11-13H2,1-3H3,(H2,20,21,24). The number of nitrogens with one attached hydrogen (secondary N) is 2. The number of fused-ring (bicyclic) bond motifs is 1. The molecule has 6 nitrogen and oxygen atoms in total. The Morgan fingerprint density at radius 1 is 1.28 bits per heavy atom. The summed E-state index contributed by atoms with van der Waals surface area (Å²) in [5.74, 6) is 0.422. The SMILES string of the molecule is CCCn1ccc2cc(NC(=O)NCC(O)COCC(C)C)ccc21. The largest absolute Gasteiger partial charge is 0.389 e. The van der Waals surface area contributed by atoms with Gasteiger partial charge in [-0.05, 0) is 36.6 Å². The Bertz CT molecular complexity index is 682. The highest BCUT2D eigenvalue weighted by atomic mass is 16.5. The van der Waals surface area contributed by atoms with Crippen molar-refractivity contribution in [2.24, 2.45) is 5.92 Å². The summed E-state index contributed by atoms with van der Waals surface area (Å²) in [5, 5.41) is 16.3. The molecular formula is C19H29N3O3. The number of anilines is 1. The van der Waals surface area contributed by atoms with Crippen molar-refractivity contribution >= 4 is 22.6 Å². The van der Waals surface area contributed by atoms with Crippen molar-refractivity contribution in [2.75, 3.05) is 25.1 Å². The minimum atomic E-state index is -0.713. The van der Waals surface area contributed by atoms with Gasteiger partial charge in [0.25, 0.3) is 0 Å². The lowest BCUT2D eigenvalue weighted by atomic mass is 10.2. The summed E-state index contributed by atoms with van der Waals surface area (Å²) in [6, 6.07) is 7.55. The third-order valence-electron chi connectivity index (χ3n) is 3.75. The summed E-state index contributed by atoms with van der Waals surface area (Å²) in [7, 11) is 0. The van der Waals surface area contributed by atoms with Crippen molar-refractivity contribution < 1.29 is 14.6 Å². The molecule has 0 aliphatic carbocycles. The fourth-order valence-electron chi connectivity index (χ4n) is 2.60. The van der Waals surface area contributed by atoms with Crippen molar-refractivity contribution in [1.29, 1.82) is 0 Å². The second-order valence-corrected chi connectivity index (χ2v) is 6.70. The Hall–Kier alpha value is -2.05. The molecule has 1 unspecified atom stereocenters. The number of carbonyl (C=O) groups excluding carboxylic acids is 1. The minimum absolute atomic E-state index is 0.152. The number of aliphatic hydroxyl groups excluding tert-OH is 1. The molecule has 0 saturated carbocycles. The van der Waals surface area contributed by atoms with Crippen LogP contribution >= 0.6 is 0 Å². The maximum Gasteiger partial charge on any atom is 0.319 e. The summed E-state index contributed by atoms with van der Waals surface area (Å²) in [4.78, 5) is 12.0. The van der Waals surface area contributed by atoms with Gasteiger partial charge in [0, 0.05) is 42.5 Å². The number of aryl methyl sites for hydroxylation is 1. The van der Waals surface area contributed by atoms with Gasteiger partial charge in [-0.1, -0.05) is 20.8 Å². The van der Waals surface area contributed by atoms with E-state index in [4.69, 9.17) is 4.74 Å². The number of amides is 2. The van der Waals surface area contributed by atoms with Gasteiger partial charge in [0.15, 0.2) is 0 Å². The van der Waals surface area contributed by atoms with Crippen LogP contribution in [0.25, 0.3) is 10.9 Å². The first-order valence-electron chi connectivity index (χ1n) is 8.89. The minimum Gasteiger partial charge on any atom is -0.389 e. The van der Waals surface area contributed by atoms with Gasteiger partial charge in [0.2, 0.25) is 0 Å². The van der Waals surface area contributed by atoms with Crippen LogP contribution in [0.15, 0.2) is 30.5 Å². The van der Waals surface area contributed by atoms with Crippen LogP contribution in [0.2, 0.25) is 0 Å². The smallest absolute Gasteiger partial charge is 0.319 e. The number of carbonyl (C=O) groups is 1. The Kier molecular flexibility index (Phi) is 7.28. The molecule has 2 aromatic rings. The van der Waals surface area contributed by atoms with Gasteiger partial charge in [0.1, 0.15) is 0 Å². The van der Waals surface area contributed by atoms with E-state index in [1.165, 1.54) is 0 Å². The van der Waals surface area contributed by atoms with Crippen molar-refractivity contribution in [1.82, 2.24) is 9.88 Å². The second-order valence-electron chi connectivity index (χ2n) is 6.70. The normalized spacial score (nSPS) is 12.5. The zero-order chi connectivity index (χ0) is 18.2. The van der Waals surface area contributed by atoms with Crippen LogP contribution in [0, 0.1) is 5.92 Å². The van der Waals surface area contributed by atoms with Gasteiger partial charge in [0.05, 0.1) is 12.7 Å². The molecule has 0 aliphatic rings. The molecular weight excluding hydrogens is 318 g/mol. The zero-order valence-corrected chi connectivity index (χ0v) is 15.3. The number of rotatable bonds is 9. The summed E-state index contributed by atoms with van der Waals surface area (Å²) in [6.07, 6.45) is 2.43. The van der Waals surface area contributed by atoms with Crippen LogP contribution in [0.5, 0.6) is 0 Å². The fourth-order valence-corrected chi connectivity index (χ4v) is 2.60. The van der Waals surface area contributed by atoms with E-state index in [1.807, 2.05) is 38.1 Å². The Balaban J connectivity index is 1.81. The molecule has 0 saturated heterocycles. The molecule has 0 radical (unpaired) electrons. The number of urea groups is 1. The number of nitrogens with zero attached hydrogens (tertiary/aromatic N) is 1. The molecule has 3 N–H and O–H groups in total. The highest BCUT2D eigenvalue weighted by Crippen LogP contribution is 2.20. The summed E-state index contributed by atoms with van der Waals surface area (Å²) < 4.78 is 7.55. The van der Waals surface area contributed by atoms with Gasteiger partial charge in [-0.3, -0.25) is 0 Å². The first kappa shape index (κ1) is 19.3. The van der Waals surface area contributed by atoms with Crippen LogP contribution in [0.3, 0.4) is 0 Å². The summed E-state index contributed by atoms with van der Waals surface area (Å²) >= 11 is 0. The van der Waals surface area contributed by atoms with Crippen molar-refractivity contribution in [3.8, 4) is 0 Å². The zero-order valence-electron chi connectivity index (χ0n) is 15.3.